The Morgan fingerprint density at radius 3 is 2.19 bits per heavy atom. The summed E-state index contributed by atoms with van der Waals surface area (Å²) in [5.41, 5.74) is -0.133. The first-order valence-corrected chi connectivity index (χ1v) is 7.65. The van der Waals surface area contributed by atoms with E-state index in [-0.39, 0.29) is 5.54 Å². The van der Waals surface area contributed by atoms with E-state index in [0.717, 1.165) is 25.5 Å². The fourth-order valence-corrected chi connectivity index (χ4v) is 2.69. The molecule has 0 saturated carbocycles. The zero-order valence-electron chi connectivity index (χ0n) is 14.1. The molecule has 0 aliphatic carbocycles. The molecule has 118 valence electrons. The summed E-state index contributed by atoms with van der Waals surface area (Å²) in [7, 11) is 0. The molecule has 1 saturated heterocycles. The van der Waals surface area contributed by atoms with Crippen molar-refractivity contribution in [1.82, 2.24) is 14.9 Å². The van der Waals surface area contributed by atoms with Crippen LogP contribution < -0.4 is 4.90 Å². The van der Waals surface area contributed by atoms with Gasteiger partial charge in [0, 0.05) is 31.2 Å². The van der Waals surface area contributed by atoms with Crippen molar-refractivity contribution in [2.75, 3.05) is 24.5 Å². The zero-order valence-corrected chi connectivity index (χ0v) is 14.1. The average Bonchev–Trinajstić information content (AvgIpc) is 2.36. The molecule has 0 bridgehead atoms. The van der Waals surface area contributed by atoms with Gasteiger partial charge in [0.25, 0.3) is 0 Å². The molecule has 1 fully saturated rings. The molecule has 1 atom stereocenters. The van der Waals surface area contributed by atoms with Crippen LogP contribution in [-0.2, 0) is 5.60 Å². The number of hydrogen-bond donors (Lipinski definition) is 1. The number of nitrogens with zero attached hydrogens (tertiary/aromatic N) is 4. The minimum atomic E-state index is -0.942. The molecule has 0 radical (unpaired) electrons. The lowest BCUT2D eigenvalue weighted by Crippen LogP contribution is -2.57. The Morgan fingerprint density at radius 1 is 1.10 bits per heavy atom. The first-order valence-electron chi connectivity index (χ1n) is 7.65. The van der Waals surface area contributed by atoms with E-state index in [9.17, 15) is 5.11 Å². The van der Waals surface area contributed by atoms with Gasteiger partial charge >= 0.3 is 0 Å². The van der Waals surface area contributed by atoms with Gasteiger partial charge in [-0.05, 0) is 41.5 Å². The molecule has 1 aliphatic heterocycles. The minimum Gasteiger partial charge on any atom is -0.384 e. The highest BCUT2D eigenvalue weighted by Crippen LogP contribution is 2.24. The smallest absolute Gasteiger partial charge is 0.147 e. The Morgan fingerprint density at radius 2 is 1.76 bits per heavy atom. The predicted octanol–water partition coefficient (Wildman–Crippen LogP) is 2.01. The van der Waals surface area contributed by atoms with Crippen molar-refractivity contribution in [2.24, 2.45) is 0 Å². The van der Waals surface area contributed by atoms with Crippen molar-refractivity contribution in [3.8, 4) is 0 Å². The summed E-state index contributed by atoms with van der Waals surface area (Å²) in [6.07, 6.45) is 3.45. The Balaban J connectivity index is 2.10. The van der Waals surface area contributed by atoms with E-state index in [0.29, 0.717) is 11.7 Å². The van der Waals surface area contributed by atoms with Crippen LogP contribution in [0.1, 0.15) is 47.2 Å². The lowest BCUT2D eigenvalue weighted by atomic mass is 10.0. The van der Waals surface area contributed by atoms with Gasteiger partial charge in [-0.1, -0.05) is 0 Å². The molecule has 1 N–H and O–H groups in total. The molecule has 0 aromatic carbocycles. The molecule has 5 nitrogen and oxygen atoms in total. The molecule has 0 spiro atoms. The lowest BCUT2D eigenvalue weighted by Gasteiger charge is -2.46. The molecular weight excluding hydrogens is 264 g/mol. The van der Waals surface area contributed by atoms with Gasteiger partial charge in [-0.3, -0.25) is 9.88 Å². The second-order valence-corrected chi connectivity index (χ2v) is 7.48. The monoisotopic (exact) mass is 292 g/mol. The molecule has 21 heavy (non-hydrogen) atoms. The summed E-state index contributed by atoms with van der Waals surface area (Å²) in [5.74, 6) is 0.893. The van der Waals surface area contributed by atoms with Crippen LogP contribution in [0.3, 0.4) is 0 Å². The van der Waals surface area contributed by atoms with E-state index in [1.807, 2.05) is 0 Å². The summed E-state index contributed by atoms with van der Waals surface area (Å²) in [5, 5.41) is 9.94. The number of aromatic nitrogens is 2. The third kappa shape index (κ3) is 3.71. The minimum absolute atomic E-state index is 0.205. The van der Waals surface area contributed by atoms with Crippen LogP contribution in [0.5, 0.6) is 0 Å². The van der Waals surface area contributed by atoms with Crippen LogP contribution in [0.2, 0.25) is 0 Å². The van der Waals surface area contributed by atoms with E-state index in [1.165, 1.54) is 0 Å². The standard InChI is InChI=1S/C16H28N4O/c1-12-11-19(15(2,3)4)7-8-20(12)14-10-17-13(9-18-14)16(5,6)21/h9-10,12,21H,7-8,11H2,1-6H3. The summed E-state index contributed by atoms with van der Waals surface area (Å²) >= 11 is 0. The number of rotatable bonds is 2. The van der Waals surface area contributed by atoms with Crippen LogP contribution >= 0.6 is 0 Å². The maximum Gasteiger partial charge on any atom is 0.147 e. The zero-order chi connectivity index (χ0) is 15.8. The van der Waals surface area contributed by atoms with Crippen LogP contribution in [0.25, 0.3) is 0 Å². The highest BCUT2D eigenvalue weighted by atomic mass is 16.3. The lowest BCUT2D eigenvalue weighted by molar-refractivity contribution is 0.0734. The molecule has 1 aromatic heterocycles. The maximum atomic E-state index is 9.94. The molecule has 5 heteroatoms. The average molecular weight is 292 g/mol. The summed E-state index contributed by atoms with van der Waals surface area (Å²) in [6.45, 7) is 15.5. The first kappa shape index (κ1) is 16.2. The fourth-order valence-electron chi connectivity index (χ4n) is 2.69. The molecule has 0 amide bonds. The third-order valence-corrected chi connectivity index (χ3v) is 4.14. The first-order chi connectivity index (χ1) is 9.59. The Labute approximate surface area is 128 Å². The van der Waals surface area contributed by atoms with Crippen LogP contribution in [0.4, 0.5) is 5.82 Å². The van der Waals surface area contributed by atoms with E-state index < -0.39 is 5.60 Å². The van der Waals surface area contributed by atoms with Gasteiger partial charge in [0.05, 0.1) is 18.1 Å². The number of hydrogen-bond acceptors (Lipinski definition) is 5. The number of anilines is 1. The van der Waals surface area contributed by atoms with Crippen LogP contribution in [-0.4, -0.2) is 51.2 Å². The Hall–Kier alpha value is -1.20. The Kier molecular flexibility index (Phi) is 4.26. The van der Waals surface area contributed by atoms with Gasteiger partial charge in [-0.15, -0.1) is 0 Å². The molecule has 1 unspecified atom stereocenters. The molecule has 1 aliphatic rings. The van der Waals surface area contributed by atoms with Crippen molar-refractivity contribution in [3.63, 3.8) is 0 Å². The van der Waals surface area contributed by atoms with Crippen molar-refractivity contribution >= 4 is 5.82 Å². The topological polar surface area (TPSA) is 52.5 Å². The molecule has 1 aromatic rings. The fraction of sp³-hybridized carbons (Fsp3) is 0.750. The second kappa shape index (κ2) is 5.54. The van der Waals surface area contributed by atoms with Crippen LogP contribution in [0.15, 0.2) is 12.4 Å². The Bertz CT molecular complexity index is 473. The van der Waals surface area contributed by atoms with Gasteiger partial charge in [-0.25, -0.2) is 4.98 Å². The SMILES string of the molecule is CC1CN(C(C)(C)C)CCN1c1cnc(C(C)(C)O)cn1. The summed E-state index contributed by atoms with van der Waals surface area (Å²) in [4.78, 5) is 13.7. The van der Waals surface area contributed by atoms with Crippen molar-refractivity contribution in [1.29, 1.82) is 0 Å². The summed E-state index contributed by atoms with van der Waals surface area (Å²) < 4.78 is 0. The van der Waals surface area contributed by atoms with E-state index in [2.05, 4.69) is 47.5 Å². The van der Waals surface area contributed by atoms with Gasteiger partial charge in [0.15, 0.2) is 0 Å². The van der Waals surface area contributed by atoms with E-state index >= 15 is 0 Å². The van der Waals surface area contributed by atoms with Gasteiger partial charge < -0.3 is 10.0 Å². The number of piperazine rings is 1. The van der Waals surface area contributed by atoms with Gasteiger partial charge in [-0.2, -0.15) is 0 Å². The van der Waals surface area contributed by atoms with E-state index in [4.69, 9.17) is 0 Å². The van der Waals surface area contributed by atoms with Gasteiger partial charge in [0.1, 0.15) is 11.4 Å². The van der Waals surface area contributed by atoms with Gasteiger partial charge in [0.2, 0.25) is 0 Å². The number of aliphatic hydroxyl groups is 1. The molecule has 2 heterocycles. The largest absolute Gasteiger partial charge is 0.384 e. The highest BCUT2D eigenvalue weighted by Gasteiger charge is 2.31. The predicted molar refractivity (Wildman–Crippen MR) is 85.4 cm³/mol. The molecular formula is C16H28N4O. The van der Waals surface area contributed by atoms with Crippen molar-refractivity contribution < 1.29 is 5.11 Å². The maximum absolute atomic E-state index is 9.94. The highest BCUT2D eigenvalue weighted by molar-refractivity contribution is 5.38. The quantitative estimate of drug-likeness (QED) is 0.903. The van der Waals surface area contributed by atoms with E-state index in [1.54, 1.807) is 26.2 Å². The van der Waals surface area contributed by atoms with Crippen molar-refractivity contribution in [2.45, 2.75) is 58.7 Å². The third-order valence-electron chi connectivity index (χ3n) is 4.14. The summed E-state index contributed by atoms with van der Waals surface area (Å²) in [6, 6.07) is 0.403. The normalized spacial score (nSPS) is 21.7. The second-order valence-electron chi connectivity index (χ2n) is 7.48. The molecule has 2 rings (SSSR count). The van der Waals surface area contributed by atoms with Crippen LogP contribution in [0, 0.1) is 0 Å². The van der Waals surface area contributed by atoms with Crippen molar-refractivity contribution in [3.05, 3.63) is 18.1 Å².